The average molecular weight is 402 g/mol. The van der Waals surface area contributed by atoms with Crippen LogP contribution in [0.5, 0.6) is 0 Å². The summed E-state index contributed by atoms with van der Waals surface area (Å²) < 4.78 is 0.913. The first-order valence-corrected chi connectivity index (χ1v) is 9.05. The van der Waals surface area contributed by atoms with Crippen LogP contribution in [0, 0.1) is 13.8 Å². The SMILES string of the molecule is Cc1ccc(Nc2nc(C(=O)Nc3cccc(Br)c3)cs2)c(C)c1. The molecular formula is C18H16BrN3OS. The van der Waals surface area contributed by atoms with E-state index < -0.39 is 0 Å². The largest absolute Gasteiger partial charge is 0.331 e. The number of benzene rings is 2. The minimum atomic E-state index is -0.224. The third-order valence-corrected chi connectivity index (χ3v) is 4.69. The molecule has 1 amide bonds. The van der Waals surface area contributed by atoms with Gasteiger partial charge in [-0.25, -0.2) is 4.98 Å². The summed E-state index contributed by atoms with van der Waals surface area (Å²) in [7, 11) is 0. The number of nitrogens with zero attached hydrogens (tertiary/aromatic N) is 1. The lowest BCUT2D eigenvalue weighted by molar-refractivity contribution is 0.102. The number of amides is 1. The van der Waals surface area contributed by atoms with E-state index in [0.717, 1.165) is 21.4 Å². The molecule has 0 bridgehead atoms. The van der Waals surface area contributed by atoms with E-state index in [4.69, 9.17) is 0 Å². The van der Waals surface area contributed by atoms with E-state index >= 15 is 0 Å². The molecule has 0 saturated heterocycles. The van der Waals surface area contributed by atoms with Crippen LogP contribution in [0.25, 0.3) is 0 Å². The molecule has 4 nitrogen and oxygen atoms in total. The molecule has 0 unspecified atom stereocenters. The second-order valence-corrected chi connectivity index (χ2v) is 7.22. The summed E-state index contributed by atoms with van der Waals surface area (Å²) in [6.45, 7) is 4.11. The number of carbonyl (C=O) groups is 1. The number of hydrogen-bond donors (Lipinski definition) is 2. The fourth-order valence-corrected chi connectivity index (χ4v) is 3.37. The van der Waals surface area contributed by atoms with Gasteiger partial charge in [0.1, 0.15) is 5.69 Å². The van der Waals surface area contributed by atoms with E-state index in [1.807, 2.05) is 43.3 Å². The van der Waals surface area contributed by atoms with E-state index in [0.29, 0.717) is 10.8 Å². The zero-order valence-corrected chi connectivity index (χ0v) is 15.7. The second-order valence-electron chi connectivity index (χ2n) is 5.45. The molecule has 6 heteroatoms. The van der Waals surface area contributed by atoms with Crippen LogP contribution in [-0.2, 0) is 0 Å². The lowest BCUT2D eigenvalue weighted by atomic mass is 10.1. The third-order valence-electron chi connectivity index (χ3n) is 3.44. The van der Waals surface area contributed by atoms with Crippen LogP contribution in [0.15, 0.2) is 52.3 Å². The van der Waals surface area contributed by atoms with Crippen LogP contribution < -0.4 is 10.6 Å². The Morgan fingerprint density at radius 1 is 1.17 bits per heavy atom. The highest BCUT2D eigenvalue weighted by Gasteiger charge is 2.12. The third kappa shape index (κ3) is 4.01. The van der Waals surface area contributed by atoms with E-state index in [2.05, 4.69) is 44.5 Å². The Labute approximate surface area is 153 Å². The minimum Gasteiger partial charge on any atom is -0.331 e. The summed E-state index contributed by atoms with van der Waals surface area (Å²) in [6.07, 6.45) is 0. The van der Waals surface area contributed by atoms with Gasteiger partial charge in [0, 0.05) is 21.2 Å². The number of aromatic nitrogens is 1. The van der Waals surface area contributed by atoms with Crippen LogP contribution in [0.4, 0.5) is 16.5 Å². The number of thiazole rings is 1. The first kappa shape index (κ1) is 16.7. The Morgan fingerprint density at radius 3 is 2.75 bits per heavy atom. The van der Waals surface area contributed by atoms with Crippen LogP contribution in [-0.4, -0.2) is 10.9 Å². The van der Waals surface area contributed by atoms with E-state index in [9.17, 15) is 4.79 Å². The number of carbonyl (C=O) groups excluding carboxylic acids is 1. The predicted molar refractivity (Wildman–Crippen MR) is 103 cm³/mol. The zero-order chi connectivity index (χ0) is 17.1. The Kier molecular flexibility index (Phi) is 4.97. The van der Waals surface area contributed by atoms with Gasteiger partial charge in [-0.1, -0.05) is 39.7 Å². The summed E-state index contributed by atoms with van der Waals surface area (Å²) in [6, 6.07) is 13.6. The van der Waals surface area contributed by atoms with Gasteiger partial charge in [0.25, 0.3) is 5.91 Å². The molecule has 0 spiro atoms. The molecule has 0 aliphatic heterocycles. The molecule has 2 N–H and O–H groups in total. The first-order chi connectivity index (χ1) is 11.5. The maximum Gasteiger partial charge on any atom is 0.275 e. The maximum absolute atomic E-state index is 12.3. The maximum atomic E-state index is 12.3. The molecular weight excluding hydrogens is 386 g/mol. The molecule has 0 saturated carbocycles. The van der Waals surface area contributed by atoms with Gasteiger partial charge in [0.2, 0.25) is 0 Å². The highest BCUT2D eigenvalue weighted by Crippen LogP contribution is 2.25. The molecule has 122 valence electrons. The van der Waals surface area contributed by atoms with E-state index in [1.165, 1.54) is 16.9 Å². The van der Waals surface area contributed by atoms with Crippen molar-refractivity contribution in [2.75, 3.05) is 10.6 Å². The van der Waals surface area contributed by atoms with Gasteiger partial charge < -0.3 is 10.6 Å². The number of hydrogen-bond acceptors (Lipinski definition) is 4. The number of aryl methyl sites for hydroxylation is 2. The first-order valence-electron chi connectivity index (χ1n) is 7.38. The number of nitrogens with one attached hydrogen (secondary N) is 2. The normalized spacial score (nSPS) is 10.5. The van der Waals surface area contributed by atoms with Crippen molar-refractivity contribution in [3.05, 3.63) is 69.1 Å². The Hall–Kier alpha value is -2.18. The van der Waals surface area contributed by atoms with E-state index in [-0.39, 0.29) is 5.91 Å². The summed E-state index contributed by atoms with van der Waals surface area (Å²) in [5.41, 5.74) is 4.48. The molecule has 1 heterocycles. The van der Waals surface area contributed by atoms with Gasteiger partial charge in [0.15, 0.2) is 5.13 Å². The summed E-state index contributed by atoms with van der Waals surface area (Å²) in [5.74, 6) is -0.224. The second kappa shape index (κ2) is 7.15. The minimum absolute atomic E-state index is 0.224. The standard InChI is InChI=1S/C18H16BrN3OS/c1-11-6-7-15(12(2)8-11)21-18-22-16(10-24-18)17(23)20-14-5-3-4-13(19)9-14/h3-10H,1-2H3,(H,20,23)(H,21,22). The lowest BCUT2D eigenvalue weighted by Gasteiger charge is -2.07. The smallest absolute Gasteiger partial charge is 0.275 e. The van der Waals surface area contributed by atoms with Gasteiger partial charge in [-0.05, 0) is 43.7 Å². The van der Waals surface area contributed by atoms with Gasteiger partial charge in [0.05, 0.1) is 0 Å². The molecule has 24 heavy (non-hydrogen) atoms. The van der Waals surface area contributed by atoms with Crippen LogP contribution >= 0.6 is 27.3 Å². The lowest BCUT2D eigenvalue weighted by Crippen LogP contribution is -2.12. The van der Waals surface area contributed by atoms with Crippen molar-refractivity contribution in [1.29, 1.82) is 0 Å². The molecule has 0 radical (unpaired) electrons. The van der Waals surface area contributed by atoms with E-state index in [1.54, 1.807) is 5.38 Å². The predicted octanol–water partition coefficient (Wildman–Crippen LogP) is 5.52. The van der Waals surface area contributed by atoms with Crippen molar-refractivity contribution >= 4 is 49.7 Å². The Balaban J connectivity index is 1.71. The zero-order valence-electron chi connectivity index (χ0n) is 13.3. The van der Waals surface area contributed by atoms with Gasteiger partial charge in [-0.3, -0.25) is 4.79 Å². The van der Waals surface area contributed by atoms with Crippen LogP contribution in [0.2, 0.25) is 0 Å². The molecule has 3 rings (SSSR count). The van der Waals surface area contributed by atoms with Gasteiger partial charge in [-0.15, -0.1) is 11.3 Å². The number of rotatable bonds is 4. The summed E-state index contributed by atoms with van der Waals surface area (Å²) in [4.78, 5) is 16.7. The van der Waals surface area contributed by atoms with Crippen LogP contribution in [0.1, 0.15) is 21.6 Å². The average Bonchev–Trinajstić information content (AvgIpc) is 2.99. The van der Waals surface area contributed by atoms with Crippen molar-refractivity contribution in [1.82, 2.24) is 4.98 Å². The quantitative estimate of drug-likeness (QED) is 0.604. The number of anilines is 3. The molecule has 0 aliphatic carbocycles. The van der Waals surface area contributed by atoms with Crippen molar-refractivity contribution in [3.8, 4) is 0 Å². The molecule has 0 aliphatic rings. The monoisotopic (exact) mass is 401 g/mol. The fraction of sp³-hybridized carbons (Fsp3) is 0.111. The topological polar surface area (TPSA) is 54.0 Å². The molecule has 3 aromatic rings. The number of halogens is 1. The van der Waals surface area contributed by atoms with Gasteiger partial charge >= 0.3 is 0 Å². The fourth-order valence-electron chi connectivity index (χ4n) is 2.27. The highest BCUT2D eigenvalue weighted by molar-refractivity contribution is 9.10. The van der Waals surface area contributed by atoms with Crippen molar-refractivity contribution in [2.24, 2.45) is 0 Å². The summed E-state index contributed by atoms with van der Waals surface area (Å²) >= 11 is 4.79. The summed E-state index contributed by atoms with van der Waals surface area (Å²) in [5, 5.41) is 8.55. The highest BCUT2D eigenvalue weighted by atomic mass is 79.9. The van der Waals surface area contributed by atoms with Crippen molar-refractivity contribution in [3.63, 3.8) is 0 Å². The Bertz CT molecular complexity index is 891. The molecule has 0 atom stereocenters. The molecule has 0 fully saturated rings. The van der Waals surface area contributed by atoms with Crippen LogP contribution in [0.3, 0.4) is 0 Å². The Morgan fingerprint density at radius 2 is 2.00 bits per heavy atom. The van der Waals surface area contributed by atoms with Gasteiger partial charge in [-0.2, -0.15) is 0 Å². The van der Waals surface area contributed by atoms with Crippen molar-refractivity contribution in [2.45, 2.75) is 13.8 Å². The molecule has 1 aromatic heterocycles. The molecule has 2 aromatic carbocycles. The van der Waals surface area contributed by atoms with Crippen molar-refractivity contribution < 1.29 is 4.79 Å².